The number of ether oxygens (including phenoxy) is 1. The van der Waals surface area contributed by atoms with Gasteiger partial charge in [0.15, 0.2) is 0 Å². The molecule has 1 amide bonds. The van der Waals surface area contributed by atoms with Crippen molar-refractivity contribution in [3.63, 3.8) is 0 Å². The fourth-order valence-electron chi connectivity index (χ4n) is 2.44. The lowest BCUT2D eigenvalue weighted by atomic mass is 10.1. The van der Waals surface area contributed by atoms with E-state index in [1.54, 1.807) is 11.9 Å². The van der Waals surface area contributed by atoms with Crippen molar-refractivity contribution in [1.29, 1.82) is 0 Å². The van der Waals surface area contributed by atoms with E-state index in [1.807, 2.05) is 5.01 Å². The predicted octanol–water partition coefficient (Wildman–Crippen LogP) is 1.09. The summed E-state index contributed by atoms with van der Waals surface area (Å²) in [6.45, 7) is 6.97. The van der Waals surface area contributed by atoms with Crippen molar-refractivity contribution in [2.45, 2.75) is 39.2 Å². The van der Waals surface area contributed by atoms with E-state index in [2.05, 4.69) is 18.4 Å². The lowest BCUT2D eigenvalue weighted by molar-refractivity contribution is -0.139. The van der Waals surface area contributed by atoms with Gasteiger partial charge in [0.1, 0.15) is 0 Å². The maximum Gasteiger partial charge on any atom is 0.238 e. The summed E-state index contributed by atoms with van der Waals surface area (Å²) in [7, 11) is 0. The second-order valence-corrected chi connectivity index (χ2v) is 4.93. The van der Waals surface area contributed by atoms with E-state index in [1.165, 1.54) is 0 Å². The second kappa shape index (κ2) is 6.09. The molecule has 0 spiro atoms. The monoisotopic (exact) mass is 253 g/mol. The number of hydrogen-bond donors (Lipinski definition) is 1. The highest BCUT2D eigenvalue weighted by Crippen LogP contribution is 2.16. The molecule has 5 heteroatoms. The quantitative estimate of drug-likeness (QED) is 0.814. The molecule has 1 N–H and O–H groups in total. The number of rotatable bonds is 4. The lowest BCUT2D eigenvalue weighted by Gasteiger charge is -2.27. The van der Waals surface area contributed by atoms with E-state index in [4.69, 9.17) is 4.74 Å². The van der Waals surface area contributed by atoms with Crippen molar-refractivity contribution in [3.8, 4) is 0 Å². The molecule has 0 radical (unpaired) electrons. The van der Waals surface area contributed by atoms with E-state index in [9.17, 15) is 4.79 Å². The first-order valence-corrected chi connectivity index (χ1v) is 6.80. The number of hydrazine groups is 1. The van der Waals surface area contributed by atoms with Crippen LogP contribution in [-0.4, -0.2) is 48.3 Å². The van der Waals surface area contributed by atoms with Crippen molar-refractivity contribution in [2.75, 3.05) is 26.3 Å². The molecule has 102 valence electrons. The molecular formula is C13H23N3O2. The number of carbonyl (C=O) groups is 1. The smallest absolute Gasteiger partial charge is 0.238 e. The Morgan fingerprint density at radius 2 is 2.22 bits per heavy atom. The summed E-state index contributed by atoms with van der Waals surface area (Å²) in [5.41, 5.74) is 1.14. The zero-order valence-corrected chi connectivity index (χ0v) is 11.3. The van der Waals surface area contributed by atoms with E-state index in [0.29, 0.717) is 12.6 Å². The van der Waals surface area contributed by atoms with Crippen molar-refractivity contribution >= 4 is 5.91 Å². The molecule has 0 aromatic heterocycles. The predicted molar refractivity (Wildman–Crippen MR) is 69.4 cm³/mol. The average molecular weight is 253 g/mol. The molecule has 1 fully saturated rings. The Labute approximate surface area is 109 Å². The molecule has 0 unspecified atom stereocenters. The number of hydrogen-bond acceptors (Lipinski definition) is 4. The summed E-state index contributed by atoms with van der Waals surface area (Å²) in [6, 6.07) is 0.486. The molecule has 5 nitrogen and oxygen atoms in total. The van der Waals surface area contributed by atoms with Crippen molar-refractivity contribution in [2.24, 2.45) is 0 Å². The van der Waals surface area contributed by atoms with Crippen LogP contribution in [0.5, 0.6) is 0 Å². The van der Waals surface area contributed by atoms with Gasteiger partial charge in [-0.15, -0.1) is 0 Å². The van der Waals surface area contributed by atoms with Crippen LogP contribution in [0.1, 0.15) is 33.1 Å². The first kappa shape index (κ1) is 13.2. The van der Waals surface area contributed by atoms with Gasteiger partial charge in [0.05, 0.1) is 12.2 Å². The first-order valence-electron chi connectivity index (χ1n) is 6.80. The normalized spacial score (nSPS) is 21.1. The fraction of sp³-hybridized carbons (Fsp3) is 0.769. The van der Waals surface area contributed by atoms with E-state index in [0.717, 1.165) is 44.7 Å². The zero-order chi connectivity index (χ0) is 13.0. The van der Waals surface area contributed by atoms with Crippen LogP contribution in [0.25, 0.3) is 0 Å². The van der Waals surface area contributed by atoms with Gasteiger partial charge in [0.2, 0.25) is 5.91 Å². The summed E-state index contributed by atoms with van der Waals surface area (Å²) in [4.78, 5) is 11.6. The SMILES string of the molecule is CCCN1C=C(NC2CCOCC2)CN1C(C)=O. The zero-order valence-electron chi connectivity index (χ0n) is 11.3. The minimum absolute atomic E-state index is 0.100. The third-order valence-electron chi connectivity index (χ3n) is 3.36. The van der Waals surface area contributed by atoms with E-state index < -0.39 is 0 Å². The minimum atomic E-state index is 0.100. The minimum Gasteiger partial charge on any atom is -0.383 e. The fourth-order valence-corrected chi connectivity index (χ4v) is 2.44. The number of amides is 1. The van der Waals surface area contributed by atoms with Gasteiger partial charge in [0.25, 0.3) is 0 Å². The van der Waals surface area contributed by atoms with Crippen LogP contribution in [0.3, 0.4) is 0 Å². The Morgan fingerprint density at radius 3 is 2.83 bits per heavy atom. The number of carbonyl (C=O) groups excluding carboxylic acids is 1. The summed E-state index contributed by atoms with van der Waals surface area (Å²) in [5, 5.41) is 7.35. The maximum absolute atomic E-state index is 11.6. The number of nitrogens with zero attached hydrogens (tertiary/aromatic N) is 2. The first-order chi connectivity index (χ1) is 8.70. The van der Waals surface area contributed by atoms with Gasteiger partial charge in [-0.1, -0.05) is 6.92 Å². The topological polar surface area (TPSA) is 44.8 Å². The summed E-state index contributed by atoms with van der Waals surface area (Å²) >= 11 is 0. The Balaban J connectivity index is 1.92. The van der Waals surface area contributed by atoms with Crippen LogP contribution in [-0.2, 0) is 9.53 Å². The average Bonchev–Trinajstić information content (AvgIpc) is 2.74. The van der Waals surface area contributed by atoms with Gasteiger partial charge in [0, 0.05) is 38.9 Å². The molecule has 2 rings (SSSR count). The van der Waals surface area contributed by atoms with Gasteiger partial charge in [-0.05, 0) is 19.3 Å². The molecule has 0 aromatic carbocycles. The Bertz CT molecular complexity index is 324. The largest absolute Gasteiger partial charge is 0.383 e. The lowest BCUT2D eigenvalue weighted by Crippen LogP contribution is -2.40. The van der Waals surface area contributed by atoms with Crippen LogP contribution < -0.4 is 5.32 Å². The Morgan fingerprint density at radius 1 is 1.50 bits per heavy atom. The van der Waals surface area contributed by atoms with Crippen LogP contribution in [0.4, 0.5) is 0 Å². The van der Waals surface area contributed by atoms with Crippen molar-refractivity contribution in [3.05, 3.63) is 11.9 Å². The third kappa shape index (κ3) is 3.16. The third-order valence-corrected chi connectivity index (χ3v) is 3.36. The summed E-state index contributed by atoms with van der Waals surface area (Å²) in [5.74, 6) is 0.100. The van der Waals surface area contributed by atoms with Gasteiger partial charge < -0.3 is 10.1 Å². The molecule has 2 heterocycles. The van der Waals surface area contributed by atoms with Crippen LogP contribution in [0.15, 0.2) is 11.9 Å². The van der Waals surface area contributed by atoms with Gasteiger partial charge in [-0.3, -0.25) is 9.80 Å². The highest BCUT2D eigenvalue weighted by Gasteiger charge is 2.25. The molecule has 1 saturated heterocycles. The van der Waals surface area contributed by atoms with Crippen LogP contribution in [0.2, 0.25) is 0 Å². The standard InChI is InChI=1S/C13H23N3O2/c1-3-6-15-9-13(10-16(15)11(2)17)14-12-4-7-18-8-5-12/h9,12,14H,3-8,10H2,1-2H3. The summed E-state index contributed by atoms with van der Waals surface area (Å²) < 4.78 is 5.35. The number of nitrogens with one attached hydrogen (secondary N) is 1. The van der Waals surface area contributed by atoms with Gasteiger partial charge >= 0.3 is 0 Å². The molecular weight excluding hydrogens is 230 g/mol. The highest BCUT2D eigenvalue weighted by molar-refractivity contribution is 5.73. The Hall–Kier alpha value is -1.23. The van der Waals surface area contributed by atoms with E-state index >= 15 is 0 Å². The van der Waals surface area contributed by atoms with Crippen molar-refractivity contribution < 1.29 is 9.53 Å². The highest BCUT2D eigenvalue weighted by atomic mass is 16.5. The summed E-state index contributed by atoms with van der Waals surface area (Å²) in [6.07, 6.45) is 5.20. The molecule has 0 aliphatic carbocycles. The second-order valence-electron chi connectivity index (χ2n) is 4.93. The van der Waals surface area contributed by atoms with Crippen LogP contribution >= 0.6 is 0 Å². The molecule has 2 aliphatic rings. The van der Waals surface area contributed by atoms with Gasteiger partial charge in [-0.25, -0.2) is 5.01 Å². The Kier molecular flexibility index (Phi) is 4.47. The maximum atomic E-state index is 11.6. The molecule has 0 bridgehead atoms. The van der Waals surface area contributed by atoms with E-state index in [-0.39, 0.29) is 5.91 Å². The van der Waals surface area contributed by atoms with Crippen LogP contribution in [0, 0.1) is 0 Å². The van der Waals surface area contributed by atoms with Crippen molar-refractivity contribution in [1.82, 2.24) is 15.3 Å². The molecule has 2 aliphatic heterocycles. The molecule has 18 heavy (non-hydrogen) atoms. The molecule has 0 saturated carbocycles. The molecule has 0 atom stereocenters. The van der Waals surface area contributed by atoms with Gasteiger partial charge in [-0.2, -0.15) is 0 Å². The molecule has 0 aromatic rings.